The lowest BCUT2D eigenvalue weighted by Gasteiger charge is -2.03. The number of carboxylic acid groups (broad SMARTS) is 1. The third-order valence-corrected chi connectivity index (χ3v) is 3.25. The Kier molecular flexibility index (Phi) is 14.7. The van der Waals surface area contributed by atoms with Crippen LogP contribution in [0.25, 0.3) is 0 Å². The summed E-state index contributed by atoms with van der Waals surface area (Å²) in [7, 11) is 0. The Morgan fingerprint density at radius 2 is 1.50 bits per heavy atom. The fourth-order valence-corrected chi connectivity index (χ4v) is 2.02. The molecule has 0 aromatic heterocycles. The first-order chi connectivity index (χ1) is 10.7. The van der Waals surface area contributed by atoms with Crippen LogP contribution >= 0.6 is 0 Å². The van der Waals surface area contributed by atoms with Gasteiger partial charge in [0, 0.05) is 12.8 Å². The average molecular weight is 310 g/mol. The van der Waals surface area contributed by atoms with E-state index in [1.54, 1.807) is 0 Å². The van der Waals surface area contributed by atoms with Crippen LogP contribution in [0.5, 0.6) is 0 Å². The smallest absolute Gasteiger partial charge is 0.303 e. The van der Waals surface area contributed by atoms with E-state index < -0.39 is 5.97 Å². The maximum absolute atomic E-state index is 10.4. The summed E-state index contributed by atoms with van der Waals surface area (Å²) < 4.78 is 0. The van der Waals surface area contributed by atoms with Gasteiger partial charge < -0.3 is 9.99 Å². The summed E-state index contributed by atoms with van der Waals surface area (Å²) in [4.78, 5) is 14.7. The van der Waals surface area contributed by atoms with E-state index in [0.29, 0.717) is 5.76 Å². The molecule has 0 amide bonds. The first-order valence-electron chi connectivity index (χ1n) is 8.23. The van der Waals surface area contributed by atoms with Crippen LogP contribution in [0.3, 0.4) is 0 Å². The molecule has 22 heavy (non-hydrogen) atoms. The fraction of sp³-hybridized carbons (Fsp3) is 0.611. The average Bonchev–Trinajstić information content (AvgIpc) is 2.50. The zero-order valence-electron chi connectivity index (χ0n) is 13.7. The molecule has 4 heteroatoms. The van der Waals surface area contributed by atoms with E-state index in [9.17, 15) is 4.79 Å². The molecule has 0 bridgehead atoms. The Bertz CT molecular complexity index is 356. The number of allylic oxidation sites excluding steroid dienone is 6. The molecule has 0 saturated heterocycles. The predicted molar refractivity (Wildman–Crippen MR) is 89.6 cm³/mol. The molecule has 0 aliphatic carbocycles. The predicted octanol–water partition coefficient (Wildman–Crippen LogP) is 5.48. The van der Waals surface area contributed by atoms with Crippen LogP contribution in [0.1, 0.15) is 71.1 Å². The number of hydrogen-bond donors (Lipinski definition) is 2. The molecule has 0 heterocycles. The first kappa shape index (κ1) is 20.5. The second-order valence-corrected chi connectivity index (χ2v) is 5.25. The number of carboxylic acids is 1. The van der Waals surface area contributed by atoms with Crippen molar-refractivity contribution in [1.29, 1.82) is 0 Å². The van der Waals surface area contributed by atoms with E-state index in [1.807, 2.05) is 6.08 Å². The van der Waals surface area contributed by atoms with Crippen molar-refractivity contribution in [2.75, 3.05) is 0 Å². The molecule has 0 rings (SSSR count). The second kappa shape index (κ2) is 15.8. The number of carbonyl (C=O) groups is 1. The van der Waals surface area contributed by atoms with Crippen molar-refractivity contribution >= 4 is 5.97 Å². The Labute approximate surface area is 134 Å². The van der Waals surface area contributed by atoms with Gasteiger partial charge in [0.15, 0.2) is 0 Å². The molecule has 0 spiro atoms. The van der Waals surface area contributed by atoms with Gasteiger partial charge in [0.25, 0.3) is 0 Å². The summed E-state index contributed by atoms with van der Waals surface area (Å²) in [5.41, 5.74) is 0. The van der Waals surface area contributed by atoms with E-state index in [4.69, 9.17) is 10.4 Å². The minimum Gasteiger partial charge on any atom is -0.481 e. The van der Waals surface area contributed by atoms with E-state index in [0.717, 1.165) is 57.8 Å². The van der Waals surface area contributed by atoms with Gasteiger partial charge in [-0.15, -0.1) is 0 Å². The molecule has 4 nitrogen and oxygen atoms in total. The lowest BCUT2D eigenvalue weighted by molar-refractivity contribution is -0.206. The van der Waals surface area contributed by atoms with Crippen LogP contribution in [0, 0.1) is 0 Å². The van der Waals surface area contributed by atoms with Gasteiger partial charge in [-0.3, -0.25) is 4.79 Å². The van der Waals surface area contributed by atoms with Gasteiger partial charge in [-0.1, -0.05) is 50.5 Å². The van der Waals surface area contributed by atoms with Gasteiger partial charge in [0.05, 0.1) is 0 Å². The third-order valence-electron chi connectivity index (χ3n) is 3.25. The minimum atomic E-state index is -0.725. The van der Waals surface area contributed by atoms with Gasteiger partial charge in [0.2, 0.25) is 0 Å². The highest BCUT2D eigenvalue weighted by Gasteiger charge is 1.99. The summed E-state index contributed by atoms with van der Waals surface area (Å²) in [6, 6.07) is 0. The van der Waals surface area contributed by atoms with E-state index in [2.05, 4.69) is 36.1 Å². The Morgan fingerprint density at radius 1 is 0.909 bits per heavy atom. The van der Waals surface area contributed by atoms with Crippen molar-refractivity contribution in [3.8, 4) is 0 Å². The largest absolute Gasteiger partial charge is 0.481 e. The summed E-state index contributed by atoms with van der Waals surface area (Å²) in [5, 5.41) is 17.4. The van der Waals surface area contributed by atoms with Crippen LogP contribution in [0.4, 0.5) is 0 Å². The van der Waals surface area contributed by atoms with Crippen molar-refractivity contribution in [2.24, 2.45) is 0 Å². The monoisotopic (exact) mass is 310 g/mol. The summed E-state index contributed by atoms with van der Waals surface area (Å²) in [6.45, 7) is 2.11. The quantitative estimate of drug-likeness (QED) is 0.147. The first-order valence-corrected chi connectivity index (χ1v) is 8.23. The fourth-order valence-electron chi connectivity index (χ4n) is 2.02. The highest BCUT2D eigenvalue weighted by molar-refractivity contribution is 5.66. The lowest BCUT2D eigenvalue weighted by Crippen LogP contribution is -1.93. The molecule has 0 fully saturated rings. The van der Waals surface area contributed by atoms with Crippen LogP contribution in [-0.4, -0.2) is 16.3 Å². The molecule has 0 atom stereocenters. The standard InChI is InChI=1S/C18H30O4/c1-2-3-4-5-6-8-11-14-17(22-21)15-12-9-7-10-13-16-18(19)20/h3-4,6,8,14,21H,2,5,7,9-13,15-16H2,1H3,(H,19,20)/b4-3-,8-6-,17-14+. The number of unbranched alkanes of at least 4 members (excludes halogenated alkanes) is 4. The minimum absolute atomic E-state index is 0.255. The number of aliphatic carboxylic acids is 1. The molecule has 0 aliphatic heterocycles. The zero-order chi connectivity index (χ0) is 16.5. The summed E-state index contributed by atoms with van der Waals surface area (Å²) in [5.74, 6) is -0.114. The van der Waals surface area contributed by atoms with Crippen LogP contribution in [0.15, 0.2) is 36.1 Å². The highest BCUT2D eigenvalue weighted by atomic mass is 17.1. The maximum Gasteiger partial charge on any atom is 0.303 e. The normalized spacial score (nSPS) is 12.4. The summed E-state index contributed by atoms with van der Waals surface area (Å²) >= 11 is 0. The lowest BCUT2D eigenvalue weighted by atomic mass is 10.1. The molecule has 0 aromatic rings. The molecular weight excluding hydrogens is 280 g/mol. The van der Waals surface area contributed by atoms with Crippen molar-refractivity contribution in [1.82, 2.24) is 0 Å². The van der Waals surface area contributed by atoms with E-state index >= 15 is 0 Å². The van der Waals surface area contributed by atoms with Gasteiger partial charge in [0.1, 0.15) is 5.76 Å². The molecule has 2 N–H and O–H groups in total. The van der Waals surface area contributed by atoms with Crippen molar-refractivity contribution in [2.45, 2.75) is 71.1 Å². The number of hydrogen-bond acceptors (Lipinski definition) is 3. The van der Waals surface area contributed by atoms with Crippen LogP contribution in [0.2, 0.25) is 0 Å². The van der Waals surface area contributed by atoms with Crippen molar-refractivity contribution in [3.63, 3.8) is 0 Å². The van der Waals surface area contributed by atoms with Crippen molar-refractivity contribution < 1.29 is 20.0 Å². The zero-order valence-corrected chi connectivity index (χ0v) is 13.7. The third kappa shape index (κ3) is 14.9. The van der Waals surface area contributed by atoms with Gasteiger partial charge in [-0.2, -0.15) is 0 Å². The maximum atomic E-state index is 10.4. The molecule has 0 aromatic carbocycles. The van der Waals surface area contributed by atoms with Crippen molar-refractivity contribution in [3.05, 3.63) is 36.1 Å². The van der Waals surface area contributed by atoms with Crippen LogP contribution < -0.4 is 0 Å². The van der Waals surface area contributed by atoms with E-state index in [1.165, 1.54) is 0 Å². The van der Waals surface area contributed by atoms with Gasteiger partial charge >= 0.3 is 5.97 Å². The Balaban J connectivity index is 3.66. The van der Waals surface area contributed by atoms with Crippen LogP contribution in [-0.2, 0) is 9.68 Å². The molecular formula is C18H30O4. The SMILES string of the molecule is CC/C=C\C/C=C\C/C=C(\CCCCCCCC(=O)O)OO. The molecule has 0 unspecified atom stereocenters. The molecule has 0 aliphatic rings. The Hall–Kier alpha value is -1.55. The van der Waals surface area contributed by atoms with Gasteiger partial charge in [-0.25, -0.2) is 5.26 Å². The topological polar surface area (TPSA) is 66.8 Å². The Morgan fingerprint density at radius 3 is 2.14 bits per heavy atom. The summed E-state index contributed by atoms with van der Waals surface area (Å²) in [6.07, 6.45) is 18.7. The molecule has 0 saturated carbocycles. The second-order valence-electron chi connectivity index (χ2n) is 5.25. The number of rotatable bonds is 14. The van der Waals surface area contributed by atoms with E-state index in [-0.39, 0.29) is 6.42 Å². The molecule has 0 radical (unpaired) electrons. The highest BCUT2D eigenvalue weighted by Crippen LogP contribution is 2.13. The van der Waals surface area contributed by atoms with Gasteiger partial charge in [-0.05, 0) is 38.2 Å². The molecule has 126 valence electrons.